The molecule has 108 valence electrons. The molecule has 0 saturated carbocycles. The third-order valence-electron chi connectivity index (χ3n) is 3.04. The van der Waals surface area contributed by atoms with Crippen molar-refractivity contribution in [1.82, 2.24) is 5.43 Å². The normalized spacial score (nSPS) is 12.0. The summed E-state index contributed by atoms with van der Waals surface area (Å²) in [5, 5.41) is 2.01. The smallest absolute Gasteiger partial charge is 0.203 e. The Hall–Kier alpha value is -1.76. The number of nitrogens with one attached hydrogen (secondary N) is 1. The van der Waals surface area contributed by atoms with Crippen LogP contribution in [0.4, 0.5) is 0 Å². The molecule has 0 aliphatic heterocycles. The molecular weight excluding hydrogens is 276 g/mol. The van der Waals surface area contributed by atoms with Gasteiger partial charge < -0.3 is 14.2 Å². The summed E-state index contributed by atoms with van der Waals surface area (Å²) in [6, 6.07) is 7.60. The van der Waals surface area contributed by atoms with Crippen molar-refractivity contribution < 1.29 is 14.2 Å². The first kappa shape index (κ1) is 14.6. The van der Waals surface area contributed by atoms with E-state index in [0.717, 1.165) is 10.4 Å². The van der Waals surface area contributed by atoms with Crippen LogP contribution in [0.3, 0.4) is 0 Å². The van der Waals surface area contributed by atoms with E-state index in [1.807, 2.05) is 29.6 Å². The van der Waals surface area contributed by atoms with E-state index in [-0.39, 0.29) is 6.04 Å². The number of hydrazine groups is 1. The lowest BCUT2D eigenvalue weighted by atomic mass is 10.0. The molecule has 1 aromatic carbocycles. The molecular formula is C14H18N2O3S. The number of nitrogens with two attached hydrogens (primary N) is 1. The van der Waals surface area contributed by atoms with Gasteiger partial charge in [-0.15, -0.1) is 11.3 Å². The Morgan fingerprint density at radius 1 is 1.05 bits per heavy atom. The molecule has 2 rings (SSSR count). The van der Waals surface area contributed by atoms with Crippen LogP contribution in [0.2, 0.25) is 0 Å². The Morgan fingerprint density at radius 3 is 2.30 bits per heavy atom. The van der Waals surface area contributed by atoms with E-state index in [2.05, 4.69) is 5.43 Å². The number of hydrogen-bond acceptors (Lipinski definition) is 6. The van der Waals surface area contributed by atoms with Crippen molar-refractivity contribution in [3.8, 4) is 17.2 Å². The van der Waals surface area contributed by atoms with Crippen molar-refractivity contribution >= 4 is 11.3 Å². The second-order valence-corrected chi connectivity index (χ2v) is 5.02. The Kier molecular flexibility index (Phi) is 4.84. The quantitative estimate of drug-likeness (QED) is 0.632. The van der Waals surface area contributed by atoms with Crippen LogP contribution in [-0.2, 0) is 0 Å². The van der Waals surface area contributed by atoms with Crippen molar-refractivity contribution in [2.75, 3.05) is 21.3 Å². The molecule has 1 aromatic heterocycles. The Morgan fingerprint density at radius 2 is 1.80 bits per heavy atom. The van der Waals surface area contributed by atoms with Crippen LogP contribution in [0.1, 0.15) is 16.5 Å². The zero-order chi connectivity index (χ0) is 14.5. The molecule has 0 saturated heterocycles. The molecule has 0 fully saturated rings. The molecule has 1 atom stereocenters. The van der Waals surface area contributed by atoms with Gasteiger partial charge in [-0.25, -0.2) is 5.43 Å². The Balaban J connectivity index is 2.55. The maximum atomic E-state index is 5.71. The molecule has 1 heterocycles. The molecule has 0 amide bonds. The van der Waals surface area contributed by atoms with Gasteiger partial charge in [0.25, 0.3) is 0 Å². The predicted molar refractivity (Wildman–Crippen MR) is 79.6 cm³/mol. The van der Waals surface area contributed by atoms with E-state index in [9.17, 15) is 0 Å². The fourth-order valence-corrected chi connectivity index (χ4v) is 2.93. The summed E-state index contributed by atoms with van der Waals surface area (Å²) in [7, 11) is 4.78. The lowest BCUT2D eigenvalue weighted by Crippen LogP contribution is -2.28. The highest BCUT2D eigenvalue weighted by Gasteiger charge is 2.23. The molecule has 0 spiro atoms. The topological polar surface area (TPSA) is 65.7 Å². The van der Waals surface area contributed by atoms with Crippen LogP contribution in [0.25, 0.3) is 0 Å². The van der Waals surface area contributed by atoms with Crippen LogP contribution in [-0.4, -0.2) is 21.3 Å². The molecule has 0 radical (unpaired) electrons. The predicted octanol–water partition coefficient (Wildman–Crippen LogP) is 2.33. The van der Waals surface area contributed by atoms with E-state index in [1.165, 1.54) is 0 Å². The first-order valence-corrected chi connectivity index (χ1v) is 6.93. The lowest BCUT2D eigenvalue weighted by Gasteiger charge is -2.21. The third kappa shape index (κ3) is 2.58. The largest absolute Gasteiger partial charge is 0.493 e. The van der Waals surface area contributed by atoms with Gasteiger partial charge in [-0.05, 0) is 23.6 Å². The van der Waals surface area contributed by atoms with Crippen molar-refractivity contribution in [3.63, 3.8) is 0 Å². The molecule has 0 aliphatic rings. The highest BCUT2D eigenvalue weighted by Crippen LogP contribution is 2.43. The van der Waals surface area contributed by atoms with E-state index >= 15 is 0 Å². The molecule has 3 N–H and O–H groups in total. The summed E-state index contributed by atoms with van der Waals surface area (Å²) >= 11 is 1.62. The van der Waals surface area contributed by atoms with Crippen molar-refractivity contribution in [1.29, 1.82) is 0 Å². The lowest BCUT2D eigenvalue weighted by molar-refractivity contribution is 0.320. The number of ether oxygens (including phenoxy) is 3. The Labute approximate surface area is 122 Å². The van der Waals surface area contributed by atoms with Crippen molar-refractivity contribution in [3.05, 3.63) is 40.1 Å². The average molecular weight is 294 g/mol. The number of thiophene rings is 1. The summed E-state index contributed by atoms with van der Waals surface area (Å²) in [6.45, 7) is 0. The zero-order valence-electron chi connectivity index (χ0n) is 11.7. The van der Waals surface area contributed by atoms with Gasteiger partial charge in [0.2, 0.25) is 5.75 Å². The standard InChI is InChI=1S/C14H18N2O3S/c1-17-10-7-6-9(13(18-2)14(10)19-3)12(16-15)11-5-4-8-20-11/h4-8,12,16H,15H2,1-3H3. The van der Waals surface area contributed by atoms with Crippen molar-refractivity contribution in [2.24, 2.45) is 5.84 Å². The summed E-state index contributed by atoms with van der Waals surface area (Å²) < 4.78 is 16.2. The first-order valence-electron chi connectivity index (χ1n) is 6.05. The van der Waals surface area contributed by atoms with Crippen LogP contribution in [0.5, 0.6) is 17.2 Å². The van der Waals surface area contributed by atoms with E-state index in [0.29, 0.717) is 17.2 Å². The van der Waals surface area contributed by atoms with Gasteiger partial charge in [-0.2, -0.15) is 0 Å². The van der Waals surface area contributed by atoms with Gasteiger partial charge in [-0.3, -0.25) is 5.84 Å². The van der Waals surface area contributed by atoms with Gasteiger partial charge in [-0.1, -0.05) is 6.07 Å². The molecule has 6 heteroatoms. The minimum atomic E-state index is -0.162. The number of rotatable bonds is 6. The summed E-state index contributed by atoms with van der Waals surface area (Å²) in [4.78, 5) is 1.10. The minimum Gasteiger partial charge on any atom is -0.493 e. The molecule has 2 aromatic rings. The SMILES string of the molecule is COc1ccc(C(NN)c2cccs2)c(OC)c1OC. The molecule has 0 bridgehead atoms. The number of hydrogen-bond donors (Lipinski definition) is 2. The van der Waals surface area contributed by atoms with Gasteiger partial charge in [0.1, 0.15) is 0 Å². The maximum Gasteiger partial charge on any atom is 0.203 e. The van der Waals surface area contributed by atoms with E-state index < -0.39 is 0 Å². The van der Waals surface area contributed by atoms with Gasteiger partial charge in [0.05, 0.1) is 27.4 Å². The van der Waals surface area contributed by atoms with Crippen molar-refractivity contribution in [2.45, 2.75) is 6.04 Å². The first-order chi connectivity index (χ1) is 9.76. The molecule has 5 nitrogen and oxygen atoms in total. The third-order valence-corrected chi connectivity index (χ3v) is 3.98. The van der Waals surface area contributed by atoms with Crippen LogP contribution in [0, 0.1) is 0 Å². The van der Waals surface area contributed by atoms with E-state index in [4.69, 9.17) is 20.1 Å². The van der Waals surface area contributed by atoms with Crippen LogP contribution < -0.4 is 25.5 Å². The van der Waals surface area contributed by atoms with E-state index in [1.54, 1.807) is 32.7 Å². The second kappa shape index (κ2) is 6.60. The van der Waals surface area contributed by atoms with Crippen LogP contribution in [0.15, 0.2) is 29.6 Å². The summed E-state index contributed by atoms with van der Waals surface area (Å²) in [5.41, 5.74) is 3.72. The minimum absolute atomic E-state index is 0.162. The summed E-state index contributed by atoms with van der Waals surface area (Å²) in [6.07, 6.45) is 0. The molecule has 1 unspecified atom stereocenters. The second-order valence-electron chi connectivity index (χ2n) is 4.04. The number of benzene rings is 1. The van der Waals surface area contributed by atoms with Crippen LogP contribution >= 0.6 is 11.3 Å². The van der Waals surface area contributed by atoms with Gasteiger partial charge in [0, 0.05) is 10.4 Å². The average Bonchev–Trinajstić information content (AvgIpc) is 3.01. The Bertz CT molecular complexity index is 558. The maximum absolute atomic E-state index is 5.71. The molecule has 20 heavy (non-hydrogen) atoms. The number of methoxy groups -OCH3 is 3. The highest BCUT2D eigenvalue weighted by molar-refractivity contribution is 7.10. The highest BCUT2D eigenvalue weighted by atomic mass is 32.1. The monoisotopic (exact) mass is 294 g/mol. The fraction of sp³-hybridized carbons (Fsp3) is 0.286. The molecule has 0 aliphatic carbocycles. The van der Waals surface area contributed by atoms with Gasteiger partial charge >= 0.3 is 0 Å². The zero-order valence-corrected chi connectivity index (χ0v) is 12.5. The summed E-state index contributed by atoms with van der Waals surface area (Å²) in [5.74, 6) is 7.50. The van der Waals surface area contributed by atoms with Gasteiger partial charge in [0.15, 0.2) is 11.5 Å². The fourth-order valence-electron chi connectivity index (χ4n) is 2.13.